The van der Waals surface area contributed by atoms with Crippen molar-refractivity contribution in [1.29, 1.82) is 0 Å². The van der Waals surface area contributed by atoms with Gasteiger partial charge in [0.2, 0.25) is 0 Å². The van der Waals surface area contributed by atoms with E-state index in [0.29, 0.717) is 20.0 Å². The number of thiazole rings is 1. The molecule has 5 rings (SSSR count). The third-order valence-electron chi connectivity index (χ3n) is 5.85. The molecule has 0 aliphatic carbocycles. The topological polar surface area (TPSA) is 58.0 Å². The molecule has 3 heterocycles. The van der Waals surface area contributed by atoms with Crippen molar-refractivity contribution in [2.45, 2.75) is 11.4 Å². The van der Waals surface area contributed by atoms with Gasteiger partial charge in [-0.3, -0.25) is 24.0 Å². The number of nitrogens with zero attached hydrogens (tertiary/aromatic N) is 4. The maximum atomic E-state index is 13.7. The summed E-state index contributed by atoms with van der Waals surface area (Å²) in [7, 11) is 5.21. The van der Waals surface area contributed by atoms with Crippen LogP contribution in [0.15, 0.2) is 70.9 Å². The number of hydrogen-bond donors (Lipinski definition) is 0. The first kappa shape index (κ1) is 23.4. The fraction of sp³-hybridized carbons (Fsp3) is 0.160. The minimum absolute atomic E-state index is 0.173. The molecule has 3 aromatic rings. The zero-order valence-electron chi connectivity index (χ0n) is 19.3. The van der Waals surface area contributed by atoms with Crippen LogP contribution in [0.3, 0.4) is 0 Å². The average molecular weight is 523 g/mol. The molecule has 0 radical (unpaired) electrons. The Balaban J connectivity index is 1.81. The van der Waals surface area contributed by atoms with E-state index in [1.807, 2.05) is 60.5 Å². The first-order chi connectivity index (χ1) is 16.9. The first-order valence-corrected chi connectivity index (χ1v) is 12.8. The number of carbonyl (C=O) groups excluding carboxylic acids is 1. The Labute approximate surface area is 215 Å². The number of ether oxygens (including phenoxy) is 1. The maximum Gasteiger partial charge on any atom is 0.279 e. The highest BCUT2D eigenvalue weighted by molar-refractivity contribution is 8.08. The Morgan fingerprint density at radius 2 is 1.83 bits per heavy atom. The van der Waals surface area contributed by atoms with Crippen molar-refractivity contribution in [1.82, 2.24) is 9.47 Å². The van der Waals surface area contributed by atoms with E-state index in [1.165, 1.54) is 28.0 Å². The van der Waals surface area contributed by atoms with Gasteiger partial charge in [0.05, 0.1) is 12.8 Å². The fourth-order valence-corrected chi connectivity index (χ4v) is 6.81. The normalized spacial score (nSPS) is 18.4. The highest BCUT2D eigenvalue weighted by Crippen LogP contribution is 2.46. The van der Waals surface area contributed by atoms with Crippen LogP contribution in [0.4, 0.5) is 11.4 Å². The number of aromatic nitrogens is 1. The van der Waals surface area contributed by atoms with Crippen molar-refractivity contribution in [3.8, 4) is 5.75 Å². The monoisotopic (exact) mass is 522 g/mol. The van der Waals surface area contributed by atoms with Crippen LogP contribution < -0.4 is 29.3 Å². The number of allylic oxidation sites excluding steroid dienone is 1. The van der Waals surface area contributed by atoms with Crippen molar-refractivity contribution in [2.75, 3.05) is 31.0 Å². The third kappa shape index (κ3) is 3.69. The number of fused-ring (bicyclic) bond motifs is 1. The standard InChI is InChI=1S/C25H22N4O3S3/c1-5-13-28-22(31)20(24-26(2)17-14-16(32-4)11-12-18(17)34-24)35-23(28)19-21(30)27(3)25(33)29(19)15-9-7-6-8-10-15/h5-12,14H,1,13H2,2-4H3. The maximum absolute atomic E-state index is 13.7. The molecule has 7 nitrogen and oxygen atoms in total. The summed E-state index contributed by atoms with van der Waals surface area (Å²) >= 11 is 8.45. The number of carbonyl (C=O) groups is 1. The number of anilines is 2. The van der Waals surface area contributed by atoms with Crippen LogP contribution in [0.5, 0.6) is 5.75 Å². The Morgan fingerprint density at radius 1 is 1.09 bits per heavy atom. The van der Waals surface area contributed by atoms with Gasteiger partial charge in [0.25, 0.3) is 11.5 Å². The van der Waals surface area contributed by atoms with E-state index in [4.69, 9.17) is 17.0 Å². The van der Waals surface area contributed by atoms with E-state index < -0.39 is 0 Å². The summed E-state index contributed by atoms with van der Waals surface area (Å²) in [5.41, 5.74) is 1.92. The summed E-state index contributed by atoms with van der Waals surface area (Å²) in [6, 6.07) is 15.3. The van der Waals surface area contributed by atoms with E-state index in [-0.39, 0.29) is 18.0 Å². The number of methoxy groups -OCH3 is 1. The van der Waals surface area contributed by atoms with Gasteiger partial charge < -0.3 is 9.64 Å². The average Bonchev–Trinajstić information content (AvgIpc) is 3.45. The van der Waals surface area contributed by atoms with E-state index in [9.17, 15) is 9.59 Å². The molecule has 178 valence electrons. The number of thioether (sulfide) groups is 1. The van der Waals surface area contributed by atoms with Crippen LogP contribution in [0.25, 0.3) is 10.7 Å². The highest BCUT2D eigenvalue weighted by atomic mass is 32.2. The molecule has 0 N–H and O–H groups in total. The molecule has 0 spiro atoms. The molecule has 1 saturated heterocycles. The van der Waals surface area contributed by atoms with Crippen molar-refractivity contribution in [3.05, 3.63) is 80.7 Å². The Morgan fingerprint density at radius 3 is 2.51 bits per heavy atom. The van der Waals surface area contributed by atoms with Gasteiger partial charge in [-0.15, -0.1) is 17.9 Å². The summed E-state index contributed by atoms with van der Waals surface area (Å²) in [5, 5.41) is 1.17. The summed E-state index contributed by atoms with van der Waals surface area (Å²) in [6.45, 7) is 4.10. The molecular weight excluding hydrogens is 501 g/mol. The molecule has 10 heteroatoms. The number of amides is 1. The molecule has 0 unspecified atom stereocenters. The number of rotatable bonds is 4. The highest BCUT2D eigenvalue weighted by Gasteiger charge is 2.38. The van der Waals surface area contributed by atoms with Gasteiger partial charge in [-0.1, -0.05) is 36.0 Å². The van der Waals surface area contributed by atoms with E-state index in [0.717, 1.165) is 27.0 Å². The molecule has 1 aromatic heterocycles. The van der Waals surface area contributed by atoms with Crippen LogP contribution in [0, 0.1) is 0 Å². The van der Waals surface area contributed by atoms with Gasteiger partial charge in [-0.05, 0) is 36.5 Å². The van der Waals surface area contributed by atoms with Crippen molar-refractivity contribution in [2.24, 2.45) is 0 Å². The minimum atomic E-state index is -0.255. The number of benzene rings is 2. The molecule has 2 aliphatic rings. The van der Waals surface area contributed by atoms with E-state index in [2.05, 4.69) is 6.58 Å². The Kier molecular flexibility index (Phi) is 6.04. The third-order valence-corrected chi connectivity index (χ3v) is 8.86. The summed E-state index contributed by atoms with van der Waals surface area (Å²) in [4.78, 5) is 33.3. The van der Waals surface area contributed by atoms with Gasteiger partial charge in [0, 0.05) is 37.3 Å². The van der Waals surface area contributed by atoms with Crippen LogP contribution in [0.1, 0.15) is 0 Å². The number of hydrogen-bond acceptors (Lipinski definition) is 7. The SMILES string of the molecule is C=CCn1c(=C2C(=O)N(C)C(=S)N2c2ccccc2)sc(=C2Sc3ccc(OC)cc3N2C)c1=O. The zero-order chi connectivity index (χ0) is 24.9. The van der Waals surface area contributed by atoms with Crippen LogP contribution in [0.2, 0.25) is 0 Å². The smallest absolute Gasteiger partial charge is 0.279 e. The number of thiocarbonyl (C=S) groups is 1. The molecule has 0 atom stereocenters. The quantitative estimate of drug-likeness (QED) is 0.386. The second kappa shape index (κ2) is 9.03. The molecule has 0 saturated carbocycles. The lowest BCUT2D eigenvalue weighted by molar-refractivity contribution is -0.119. The molecule has 0 bridgehead atoms. The van der Waals surface area contributed by atoms with Crippen LogP contribution >= 0.6 is 35.3 Å². The summed E-state index contributed by atoms with van der Waals surface area (Å²) in [5.74, 6) is 0.491. The Bertz CT molecular complexity index is 1560. The minimum Gasteiger partial charge on any atom is -0.497 e. The van der Waals surface area contributed by atoms with Gasteiger partial charge in [0.15, 0.2) is 5.11 Å². The van der Waals surface area contributed by atoms with E-state index in [1.54, 1.807) is 29.7 Å². The van der Waals surface area contributed by atoms with Crippen molar-refractivity contribution in [3.63, 3.8) is 0 Å². The van der Waals surface area contributed by atoms with Gasteiger partial charge in [0.1, 0.15) is 25.7 Å². The predicted octanol–water partition coefficient (Wildman–Crippen LogP) is 2.78. The Hall–Kier alpha value is -3.34. The van der Waals surface area contributed by atoms with Crippen molar-refractivity contribution < 1.29 is 9.53 Å². The second-order valence-corrected chi connectivity index (χ2v) is 10.3. The molecular formula is C25H22N4O3S3. The molecule has 2 aliphatic heterocycles. The van der Waals surface area contributed by atoms with Gasteiger partial charge >= 0.3 is 0 Å². The summed E-state index contributed by atoms with van der Waals surface area (Å²) < 4.78 is 8.07. The lowest BCUT2D eigenvalue weighted by Gasteiger charge is -2.18. The number of likely N-dealkylation sites (N-methyl/N-ethyl adjacent to an activating group) is 1. The largest absolute Gasteiger partial charge is 0.497 e. The lowest BCUT2D eigenvalue weighted by atomic mass is 10.3. The van der Waals surface area contributed by atoms with E-state index >= 15 is 0 Å². The van der Waals surface area contributed by atoms with Crippen LogP contribution in [-0.4, -0.2) is 41.7 Å². The lowest BCUT2D eigenvalue weighted by Crippen LogP contribution is -2.36. The molecule has 1 amide bonds. The molecule has 1 fully saturated rings. The van der Waals surface area contributed by atoms with Gasteiger partial charge in [-0.25, -0.2) is 0 Å². The van der Waals surface area contributed by atoms with Crippen molar-refractivity contribution >= 4 is 68.4 Å². The predicted molar refractivity (Wildman–Crippen MR) is 146 cm³/mol. The van der Waals surface area contributed by atoms with Crippen LogP contribution in [-0.2, 0) is 11.3 Å². The number of para-hydroxylation sites is 1. The first-order valence-electron chi connectivity index (χ1n) is 10.7. The second-order valence-electron chi connectivity index (χ2n) is 7.91. The summed E-state index contributed by atoms with van der Waals surface area (Å²) in [6.07, 6.45) is 1.66. The zero-order valence-corrected chi connectivity index (χ0v) is 21.8. The van der Waals surface area contributed by atoms with Gasteiger partial charge in [-0.2, -0.15) is 0 Å². The fourth-order valence-electron chi connectivity index (χ4n) is 4.06. The molecule has 2 aromatic carbocycles. The molecule has 35 heavy (non-hydrogen) atoms.